The Labute approximate surface area is 194 Å². The second kappa shape index (κ2) is 9.68. The molecule has 4 rings (SSSR count). The third kappa shape index (κ3) is 5.09. The van der Waals surface area contributed by atoms with E-state index >= 15 is 0 Å². The molecule has 166 valence electrons. The highest BCUT2D eigenvalue weighted by Crippen LogP contribution is 2.23. The Bertz CT molecular complexity index is 1160. The van der Waals surface area contributed by atoms with Crippen LogP contribution in [0.4, 0.5) is 15.8 Å². The summed E-state index contributed by atoms with van der Waals surface area (Å²) >= 11 is 12.3. The summed E-state index contributed by atoms with van der Waals surface area (Å²) in [5.74, 6) is -0.525. The van der Waals surface area contributed by atoms with E-state index in [4.69, 9.17) is 23.2 Å². The smallest absolute Gasteiger partial charge is 0.292 e. The molecule has 1 saturated heterocycles. The van der Waals surface area contributed by atoms with Crippen LogP contribution in [0.15, 0.2) is 59.5 Å². The van der Waals surface area contributed by atoms with E-state index in [1.165, 1.54) is 28.9 Å². The second-order valence-electron chi connectivity index (χ2n) is 7.36. The molecule has 3 aromatic rings. The first-order valence-corrected chi connectivity index (χ1v) is 10.7. The molecule has 7 nitrogen and oxygen atoms in total. The van der Waals surface area contributed by atoms with Crippen LogP contribution in [0.2, 0.25) is 10.0 Å². The monoisotopic (exact) mass is 475 g/mol. The molecule has 2 aromatic carbocycles. The summed E-state index contributed by atoms with van der Waals surface area (Å²) in [5.41, 5.74) is 1.28. The minimum atomic E-state index is -0.410. The Kier molecular flexibility index (Phi) is 6.74. The number of aromatic nitrogens is 2. The number of anilines is 2. The third-order valence-electron chi connectivity index (χ3n) is 5.18. The quantitative estimate of drug-likeness (QED) is 0.611. The molecule has 0 saturated carbocycles. The minimum absolute atomic E-state index is 0.0949. The van der Waals surface area contributed by atoms with E-state index in [1.54, 1.807) is 30.5 Å². The van der Waals surface area contributed by atoms with Gasteiger partial charge in [-0.3, -0.25) is 14.5 Å². The van der Waals surface area contributed by atoms with Gasteiger partial charge in [-0.05, 0) is 48.5 Å². The summed E-state index contributed by atoms with van der Waals surface area (Å²) in [6, 6.07) is 12.4. The van der Waals surface area contributed by atoms with Gasteiger partial charge >= 0.3 is 0 Å². The van der Waals surface area contributed by atoms with Gasteiger partial charge in [-0.1, -0.05) is 23.2 Å². The number of nitrogens with zero attached hydrogens (tertiary/aromatic N) is 4. The molecule has 0 aliphatic carbocycles. The number of hydrogen-bond acceptors (Lipinski definition) is 5. The summed E-state index contributed by atoms with van der Waals surface area (Å²) in [6.45, 7) is 2.64. The average Bonchev–Trinajstić information content (AvgIpc) is 2.79. The number of carbonyl (C=O) groups excluding carboxylic acids is 1. The van der Waals surface area contributed by atoms with Crippen LogP contribution in [0.25, 0.3) is 5.69 Å². The maximum absolute atomic E-state index is 13.0. The molecule has 1 aliphatic rings. The number of nitrogens with one attached hydrogen (secondary N) is 1. The number of piperazine rings is 1. The molecule has 32 heavy (non-hydrogen) atoms. The van der Waals surface area contributed by atoms with Crippen molar-refractivity contribution in [1.82, 2.24) is 14.7 Å². The van der Waals surface area contributed by atoms with Gasteiger partial charge in [0, 0.05) is 36.9 Å². The fourth-order valence-corrected chi connectivity index (χ4v) is 3.87. The third-order valence-corrected chi connectivity index (χ3v) is 5.79. The van der Waals surface area contributed by atoms with Gasteiger partial charge in [0.2, 0.25) is 5.91 Å². The van der Waals surface area contributed by atoms with Crippen molar-refractivity contribution in [2.24, 2.45) is 0 Å². The lowest BCUT2D eigenvalue weighted by Gasteiger charge is -2.35. The lowest BCUT2D eigenvalue weighted by atomic mass is 10.2. The topological polar surface area (TPSA) is 70.5 Å². The van der Waals surface area contributed by atoms with E-state index in [-0.39, 0.29) is 23.3 Å². The second-order valence-corrected chi connectivity index (χ2v) is 8.17. The van der Waals surface area contributed by atoms with Gasteiger partial charge in [-0.15, -0.1) is 0 Å². The van der Waals surface area contributed by atoms with Crippen molar-refractivity contribution in [2.45, 2.75) is 0 Å². The van der Waals surface area contributed by atoms with Crippen molar-refractivity contribution in [3.05, 3.63) is 80.9 Å². The average molecular weight is 476 g/mol. The van der Waals surface area contributed by atoms with Gasteiger partial charge in [0.15, 0.2) is 0 Å². The molecule has 1 amide bonds. The maximum Gasteiger partial charge on any atom is 0.292 e. The van der Waals surface area contributed by atoms with E-state index in [2.05, 4.69) is 10.4 Å². The van der Waals surface area contributed by atoms with Crippen molar-refractivity contribution in [2.75, 3.05) is 42.9 Å². The van der Waals surface area contributed by atoms with Crippen LogP contribution < -0.4 is 15.8 Å². The molecule has 0 spiro atoms. The van der Waals surface area contributed by atoms with Gasteiger partial charge in [0.05, 0.1) is 24.1 Å². The van der Waals surface area contributed by atoms with E-state index < -0.39 is 5.56 Å². The van der Waals surface area contributed by atoms with Gasteiger partial charge in [-0.2, -0.15) is 9.78 Å². The fourth-order valence-electron chi connectivity index (χ4n) is 3.49. The molecular weight excluding hydrogens is 456 g/mol. The Hall–Kier alpha value is -2.94. The normalized spacial score (nSPS) is 14.4. The number of hydrogen-bond donors (Lipinski definition) is 1. The number of rotatable bonds is 5. The van der Waals surface area contributed by atoms with Crippen molar-refractivity contribution < 1.29 is 9.18 Å². The Morgan fingerprint density at radius 1 is 1.00 bits per heavy atom. The predicted octanol–water partition coefficient (Wildman–Crippen LogP) is 3.44. The molecule has 10 heteroatoms. The molecule has 1 N–H and O–H groups in total. The first-order chi connectivity index (χ1) is 15.4. The standard InChI is InChI=1S/C22H20Cl2FN5O2/c23-15-1-7-18(8-2-15)30-22(32)21(24)19(13-26-30)29-11-9-28(10-12-29)14-20(31)27-17-5-3-16(25)4-6-17/h1-8,13H,9-12,14H2,(H,27,31). The van der Waals surface area contributed by atoms with E-state index in [0.717, 1.165) is 0 Å². The Morgan fingerprint density at radius 3 is 2.31 bits per heavy atom. The maximum atomic E-state index is 13.0. The number of carbonyl (C=O) groups is 1. The van der Waals surface area contributed by atoms with Crippen LogP contribution in [0.3, 0.4) is 0 Å². The molecule has 0 atom stereocenters. The highest BCUT2D eigenvalue weighted by Gasteiger charge is 2.23. The lowest BCUT2D eigenvalue weighted by molar-refractivity contribution is -0.117. The van der Waals surface area contributed by atoms with Crippen LogP contribution in [0.5, 0.6) is 0 Å². The van der Waals surface area contributed by atoms with Gasteiger partial charge < -0.3 is 10.2 Å². The van der Waals surface area contributed by atoms with Crippen LogP contribution in [-0.2, 0) is 4.79 Å². The molecule has 1 fully saturated rings. The lowest BCUT2D eigenvalue weighted by Crippen LogP contribution is -2.49. The highest BCUT2D eigenvalue weighted by atomic mass is 35.5. The minimum Gasteiger partial charge on any atom is -0.366 e. The van der Waals surface area contributed by atoms with Gasteiger partial charge in [0.25, 0.3) is 5.56 Å². The van der Waals surface area contributed by atoms with Crippen molar-refractivity contribution in [3.63, 3.8) is 0 Å². The number of halogens is 3. The van der Waals surface area contributed by atoms with E-state index in [0.29, 0.717) is 48.3 Å². The van der Waals surface area contributed by atoms with Gasteiger partial charge in [-0.25, -0.2) is 4.39 Å². The van der Waals surface area contributed by atoms with E-state index in [1.807, 2.05) is 9.80 Å². The SMILES string of the molecule is O=C(CN1CCN(c2cnn(-c3ccc(Cl)cc3)c(=O)c2Cl)CC1)Nc1ccc(F)cc1. The molecule has 0 unspecified atom stereocenters. The Morgan fingerprint density at radius 2 is 1.66 bits per heavy atom. The number of amides is 1. The molecule has 0 bridgehead atoms. The zero-order chi connectivity index (χ0) is 22.7. The molecule has 1 aromatic heterocycles. The van der Waals surface area contributed by atoms with Crippen LogP contribution in [0.1, 0.15) is 0 Å². The first-order valence-electron chi connectivity index (χ1n) is 9.97. The number of benzene rings is 2. The zero-order valence-electron chi connectivity index (χ0n) is 17.0. The molecule has 1 aliphatic heterocycles. The van der Waals surface area contributed by atoms with Crippen molar-refractivity contribution >= 4 is 40.5 Å². The Balaban J connectivity index is 1.37. The summed E-state index contributed by atoms with van der Waals surface area (Å²) in [7, 11) is 0. The largest absolute Gasteiger partial charge is 0.366 e. The molecule has 2 heterocycles. The van der Waals surface area contributed by atoms with Gasteiger partial charge in [0.1, 0.15) is 10.8 Å². The summed E-state index contributed by atoms with van der Waals surface area (Å²) in [5, 5.41) is 7.68. The summed E-state index contributed by atoms with van der Waals surface area (Å²) < 4.78 is 14.2. The van der Waals surface area contributed by atoms with Crippen molar-refractivity contribution in [1.29, 1.82) is 0 Å². The highest BCUT2D eigenvalue weighted by molar-refractivity contribution is 6.33. The molecular formula is C22H20Cl2FN5O2. The van der Waals surface area contributed by atoms with Crippen LogP contribution in [0, 0.1) is 5.82 Å². The van der Waals surface area contributed by atoms with E-state index in [9.17, 15) is 14.0 Å². The summed E-state index contributed by atoms with van der Waals surface area (Å²) in [6.07, 6.45) is 1.58. The first kappa shape index (κ1) is 22.3. The molecule has 0 radical (unpaired) electrons. The van der Waals surface area contributed by atoms with Crippen LogP contribution >= 0.6 is 23.2 Å². The fraction of sp³-hybridized carbons (Fsp3) is 0.227. The van der Waals surface area contributed by atoms with Crippen LogP contribution in [-0.4, -0.2) is 53.3 Å². The summed E-state index contributed by atoms with van der Waals surface area (Å²) in [4.78, 5) is 29.0. The zero-order valence-corrected chi connectivity index (χ0v) is 18.5. The predicted molar refractivity (Wildman–Crippen MR) is 124 cm³/mol. The van der Waals surface area contributed by atoms with Crippen molar-refractivity contribution in [3.8, 4) is 5.69 Å².